The minimum absolute atomic E-state index is 0.0285. The number of hydrogen-bond acceptors (Lipinski definition) is 2. The summed E-state index contributed by atoms with van der Waals surface area (Å²) in [5, 5.41) is 0. The summed E-state index contributed by atoms with van der Waals surface area (Å²) in [5.41, 5.74) is 2.08. The molecule has 76 valence electrons. The first-order valence-electron chi connectivity index (χ1n) is 5.17. The molecule has 0 aromatic rings. The second kappa shape index (κ2) is 4.36. The van der Waals surface area contributed by atoms with Crippen LogP contribution in [0.4, 0.5) is 0 Å². The van der Waals surface area contributed by atoms with E-state index in [1.165, 1.54) is 6.08 Å². The van der Waals surface area contributed by atoms with Crippen molar-refractivity contribution in [3.8, 4) is 0 Å². The van der Waals surface area contributed by atoms with Crippen LogP contribution in [0.1, 0.15) is 40.0 Å². The normalized spacial score (nSPS) is 17.5. The van der Waals surface area contributed by atoms with Crippen LogP contribution < -0.4 is 0 Å². The van der Waals surface area contributed by atoms with Gasteiger partial charge in [-0.2, -0.15) is 0 Å². The molecular formula is C12H16O2. The van der Waals surface area contributed by atoms with Gasteiger partial charge < -0.3 is 0 Å². The van der Waals surface area contributed by atoms with Crippen molar-refractivity contribution in [2.45, 2.75) is 40.0 Å². The highest BCUT2D eigenvalue weighted by molar-refractivity contribution is 6.22. The number of hydrogen-bond donors (Lipinski definition) is 0. The highest BCUT2D eigenvalue weighted by Crippen LogP contribution is 2.25. The van der Waals surface area contributed by atoms with Gasteiger partial charge in [-0.25, -0.2) is 0 Å². The lowest BCUT2D eigenvalue weighted by molar-refractivity contribution is -0.116. The topological polar surface area (TPSA) is 34.1 Å². The molecule has 0 bridgehead atoms. The average molecular weight is 192 g/mol. The van der Waals surface area contributed by atoms with Crippen LogP contribution in [0.15, 0.2) is 22.8 Å². The van der Waals surface area contributed by atoms with Crippen LogP contribution in [0, 0.1) is 0 Å². The summed E-state index contributed by atoms with van der Waals surface area (Å²) in [7, 11) is 0. The summed E-state index contributed by atoms with van der Waals surface area (Å²) in [6, 6.07) is 0. The molecule has 1 aliphatic rings. The second-order valence-corrected chi connectivity index (χ2v) is 3.38. The van der Waals surface area contributed by atoms with Crippen molar-refractivity contribution < 1.29 is 9.59 Å². The minimum Gasteiger partial charge on any atom is -0.290 e. The maximum atomic E-state index is 11.8. The molecule has 0 atom stereocenters. The molecule has 14 heavy (non-hydrogen) atoms. The zero-order chi connectivity index (χ0) is 10.7. The first-order chi connectivity index (χ1) is 6.65. The van der Waals surface area contributed by atoms with Gasteiger partial charge in [0, 0.05) is 16.7 Å². The molecule has 0 aromatic heterocycles. The van der Waals surface area contributed by atoms with Gasteiger partial charge in [0.05, 0.1) is 0 Å². The van der Waals surface area contributed by atoms with Gasteiger partial charge in [-0.1, -0.05) is 20.8 Å². The van der Waals surface area contributed by atoms with Crippen molar-refractivity contribution in [2.75, 3.05) is 0 Å². The van der Waals surface area contributed by atoms with Crippen LogP contribution in [0.25, 0.3) is 0 Å². The summed E-state index contributed by atoms with van der Waals surface area (Å²) in [4.78, 5) is 23.4. The van der Waals surface area contributed by atoms with Crippen LogP contribution in [-0.2, 0) is 9.59 Å². The van der Waals surface area contributed by atoms with E-state index < -0.39 is 0 Å². The van der Waals surface area contributed by atoms with Gasteiger partial charge in [0.2, 0.25) is 0 Å². The molecule has 0 amide bonds. The Hall–Kier alpha value is -1.18. The van der Waals surface area contributed by atoms with E-state index in [0.29, 0.717) is 30.4 Å². The Morgan fingerprint density at radius 2 is 1.50 bits per heavy atom. The van der Waals surface area contributed by atoms with E-state index in [0.717, 1.165) is 5.57 Å². The smallest absolute Gasteiger partial charge is 0.185 e. The van der Waals surface area contributed by atoms with Crippen molar-refractivity contribution in [3.05, 3.63) is 22.8 Å². The fourth-order valence-corrected chi connectivity index (χ4v) is 1.81. The quantitative estimate of drug-likeness (QED) is 0.644. The van der Waals surface area contributed by atoms with Crippen molar-refractivity contribution in [1.82, 2.24) is 0 Å². The summed E-state index contributed by atoms with van der Waals surface area (Å²) in [6.45, 7) is 5.75. The SMILES string of the molecule is CCC1=CC(=O)C(CC)=C(CC)C1=O. The fourth-order valence-electron chi connectivity index (χ4n) is 1.81. The number of rotatable bonds is 3. The van der Waals surface area contributed by atoms with E-state index in [1.54, 1.807) is 0 Å². The molecule has 0 aromatic carbocycles. The summed E-state index contributed by atoms with van der Waals surface area (Å²) in [6.07, 6.45) is 3.46. The summed E-state index contributed by atoms with van der Waals surface area (Å²) < 4.78 is 0. The molecular weight excluding hydrogens is 176 g/mol. The molecule has 0 fully saturated rings. The molecule has 0 heterocycles. The molecule has 0 radical (unpaired) electrons. The third kappa shape index (κ3) is 1.69. The van der Waals surface area contributed by atoms with Crippen LogP contribution in [-0.4, -0.2) is 11.6 Å². The molecule has 0 saturated heterocycles. The van der Waals surface area contributed by atoms with Crippen LogP contribution in [0.3, 0.4) is 0 Å². The molecule has 0 aliphatic heterocycles. The number of Topliss-reactive ketones (excluding diaryl/α,β-unsaturated/α-hetero) is 1. The molecule has 2 nitrogen and oxygen atoms in total. The third-order valence-electron chi connectivity index (χ3n) is 2.62. The second-order valence-electron chi connectivity index (χ2n) is 3.38. The van der Waals surface area contributed by atoms with E-state index >= 15 is 0 Å². The highest BCUT2D eigenvalue weighted by atomic mass is 16.1. The number of ketones is 2. The zero-order valence-electron chi connectivity index (χ0n) is 9.02. The van der Waals surface area contributed by atoms with Gasteiger partial charge in [0.1, 0.15) is 0 Å². The Morgan fingerprint density at radius 3 is 1.93 bits per heavy atom. The Labute approximate surface area is 84.7 Å². The van der Waals surface area contributed by atoms with Gasteiger partial charge in [0.25, 0.3) is 0 Å². The van der Waals surface area contributed by atoms with Crippen molar-refractivity contribution in [1.29, 1.82) is 0 Å². The van der Waals surface area contributed by atoms with Gasteiger partial charge in [-0.15, -0.1) is 0 Å². The monoisotopic (exact) mass is 192 g/mol. The van der Waals surface area contributed by atoms with Crippen molar-refractivity contribution >= 4 is 11.6 Å². The number of carbonyl (C=O) groups is 2. The predicted molar refractivity (Wildman–Crippen MR) is 56.0 cm³/mol. The van der Waals surface area contributed by atoms with Gasteiger partial charge in [0.15, 0.2) is 11.6 Å². The Balaban J connectivity index is 3.17. The largest absolute Gasteiger partial charge is 0.290 e. The lowest BCUT2D eigenvalue weighted by Gasteiger charge is -2.16. The maximum Gasteiger partial charge on any atom is 0.185 e. The molecule has 0 saturated carbocycles. The van der Waals surface area contributed by atoms with Crippen LogP contribution in [0.2, 0.25) is 0 Å². The van der Waals surface area contributed by atoms with E-state index in [2.05, 4.69) is 0 Å². The van der Waals surface area contributed by atoms with E-state index in [1.807, 2.05) is 20.8 Å². The molecule has 2 heteroatoms. The Bertz CT molecular complexity index is 332. The highest BCUT2D eigenvalue weighted by Gasteiger charge is 2.24. The maximum absolute atomic E-state index is 11.8. The first kappa shape index (κ1) is 10.9. The average Bonchev–Trinajstić information content (AvgIpc) is 2.20. The van der Waals surface area contributed by atoms with Gasteiger partial charge in [-0.3, -0.25) is 9.59 Å². The number of allylic oxidation sites excluding steroid dienone is 4. The first-order valence-corrected chi connectivity index (χ1v) is 5.17. The molecule has 0 unspecified atom stereocenters. The van der Waals surface area contributed by atoms with Crippen molar-refractivity contribution in [2.24, 2.45) is 0 Å². The zero-order valence-corrected chi connectivity index (χ0v) is 9.02. The lowest BCUT2D eigenvalue weighted by Crippen LogP contribution is -2.18. The molecule has 1 aliphatic carbocycles. The van der Waals surface area contributed by atoms with E-state index in [-0.39, 0.29) is 11.6 Å². The Morgan fingerprint density at radius 1 is 0.929 bits per heavy atom. The summed E-state index contributed by atoms with van der Waals surface area (Å²) in [5.74, 6) is 0.104. The van der Waals surface area contributed by atoms with Gasteiger partial charge >= 0.3 is 0 Å². The van der Waals surface area contributed by atoms with Crippen molar-refractivity contribution in [3.63, 3.8) is 0 Å². The van der Waals surface area contributed by atoms with Gasteiger partial charge in [-0.05, 0) is 25.3 Å². The van der Waals surface area contributed by atoms with E-state index in [9.17, 15) is 9.59 Å². The Kier molecular flexibility index (Phi) is 3.39. The lowest BCUT2D eigenvalue weighted by atomic mass is 9.86. The molecule has 0 spiro atoms. The van der Waals surface area contributed by atoms with Crippen LogP contribution >= 0.6 is 0 Å². The fraction of sp³-hybridized carbons (Fsp3) is 0.500. The molecule has 1 rings (SSSR count). The molecule has 0 N–H and O–H groups in total. The van der Waals surface area contributed by atoms with Crippen LogP contribution in [0.5, 0.6) is 0 Å². The minimum atomic E-state index is 0.0285. The summed E-state index contributed by atoms with van der Waals surface area (Å²) >= 11 is 0. The van der Waals surface area contributed by atoms with E-state index in [4.69, 9.17) is 0 Å². The predicted octanol–water partition coefficient (Wildman–Crippen LogP) is 2.59. The number of carbonyl (C=O) groups excluding carboxylic acids is 2. The standard InChI is InChI=1S/C12H16O2/c1-4-8-7-11(13)9(5-2)10(6-3)12(8)14/h7H,4-6H2,1-3H3. The third-order valence-corrected chi connectivity index (χ3v) is 2.62.